The Morgan fingerprint density at radius 2 is 2.35 bits per heavy atom. The number of nitrogens with one attached hydrogen (secondary N) is 1. The summed E-state index contributed by atoms with van der Waals surface area (Å²) in [6.07, 6.45) is 4.99. The van der Waals surface area contributed by atoms with Crippen LogP contribution in [0.3, 0.4) is 0 Å². The number of aryl methyl sites for hydroxylation is 1. The zero-order valence-corrected chi connectivity index (χ0v) is 10.3. The molecule has 0 aliphatic heterocycles. The number of amides is 1. The maximum atomic E-state index is 12.0. The van der Waals surface area contributed by atoms with E-state index >= 15 is 0 Å². The summed E-state index contributed by atoms with van der Waals surface area (Å²) in [5.74, 6) is -0.198. The smallest absolute Gasteiger partial charge is 0.273 e. The number of hydrogen-bond acceptors (Lipinski definition) is 3. The minimum absolute atomic E-state index is 0.198. The van der Waals surface area contributed by atoms with E-state index in [0.717, 1.165) is 5.56 Å². The van der Waals surface area contributed by atoms with E-state index in [1.54, 1.807) is 22.8 Å². The molecule has 1 amide bonds. The molecule has 6 nitrogen and oxygen atoms in total. The Morgan fingerprint density at radius 1 is 1.59 bits per heavy atom. The summed E-state index contributed by atoms with van der Waals surface area (Å²) in [5.41, 5.74) is 1.26. The van der Waals surface area contributed by atoms with Gasteiger partial charge < -0.3 is 4.90 Å². The van der Waals surface area contributed by atoms with Gasteiger partial charge in [0, 0.05) is 32.4 Å². The second kappa shape index (κ2) is 4.58. The Kier molecular flexibility index (Phi) is 3.14. The summed E-state index contributed by atoms with van der Waals surface area (Å²) >= 11 is 5.83. The molecule has 0 aliphatic carbocycles. The Balaban J connectivity index is 2.08. The highest BCUT2D eigenvalue weighted by Gasteiger charge is 2.17. The first-order chi connectivity index (χ1) is 8.08. The first kappa shape index (κ1) is 11.7. The van der Waals surface area contributed by atoms with Gasteiger partial charge in [-0.05, 0) is 0 Å². The molecule has 0 spiro atoms. The van der Waals surface area contributed by atoms with Crippen molar-refractivity contribution in [3.8, 4) is 0 Å². The van der Waals surface area contributed by atoms with Crippen LogP contribution in [0.4, 0.5) is 0 Å². The molecule has 0 radical (unpaired) electrons. The summed E-state index contributed by atoms with van der Waals surface area (Å²) in [7, 11) is 3.53. The Bertz CT molecular complexity index is 532. The van der Waals surface area contributed by atoms with E-state index in [0.29, 0.717) is 17.3 Å². The van der Waals surface area contributed by atoms with Crippen molar-refractivity contribution in [3.05, 3.63) is 34.9 Å². The SMILES string of the molecule is CN(Cc1cnn(C)c1)C(=O)c1[nH]ncc1Cl. The van der Waals surface area contributed by atoms with Crippen LogP contribution in [-0.2, 0) is 13.6 Å². The number of nitrogens with zero attached hydrogens (tertiary/aromatic N) is 4. The fourth-order valence-electron chi connectivity index (χ4n) is 1.51. The molecule has 0 atom stereocenters. The van der Waals surface area contributed by atoms with Gasteiger partial charge in [-0.2, -0.15) is 10.2 Å². The van der Waals surface area contributed by atoms with Gasteiger partial charge in [-0.1, -0.05) is 11.6 Å². The molecule has 2 aromatic rings. The lowest BCUT2D eigenvalue weighted by molar-refractivity contribution is 0.0779. The average molecular weight is 254 g/mol. The molecule has 0 saturated heterocycles. The molecule has 2 rings (SSSR count). The summed E-state index contributed by atoms with van der Waals surface area (Å²) in [4.78, 5) is 13.5. The second-order valence-corrected chi connectivity index (χ2v) is 4.18. The van der Waals surface area contributed by atoms with Crippen molar-refractivity contribution >= 4 is 17.5 Å². The zero-order chi connectivity index (χ0) is 12.4. The highest BCUT2D eigenvalue weighted by atomic mass is 35.5. The van der Waals surface area contributed by atoms with Crippen molar-refractivity contribution in [3.63, 3.8) is 0 Å². The maximum Gasteiger partial charge on any atom is 0.273 e. The van der Waals surface area contributed by atoms with Crippen molar-refractivity contribution in [1.29, 1.82) is 0 Å². The predicted molar refractivity (Wildman–Crippen MR) is 62.6 cm³/mol. The van der Waals surface area contributed by atoms with Gasteiger partial charge in [-0.25, -0.2) is 0 Å². The van der Waals surface area contributed by atoms with Crippen LogP contribution in [-0.4, -0.2) is 37.8 Å². The monoisotopic (exact) mass is 253 g/mol. The first-order valence-corrected chi connectivity index (χ1v) is 5.37. The highest BCUT2D eigenvalue weighted by Crippen LogP contribution is 2.14. The van der Waals surface area contributed by atoms with Gasteiger partial charge in [0.1, 0.15) is 5.69 Å². The molecular weight excluding hydrogens is 242 g/mol. The van der Waals surface area contributed by atoms with Crippen LogP contribution in [0, 0.1) is 0 Å². The normalized spacial score (nSPS) is 10.5. The summed E-state index contributed by atoms with van der Waals surface area (Å²) in [5, 5.41) is 10.7. The van der Waals surface area contributed by atoms with Gasteiger partial charge in [0.2, 0.25) is 0 Å². The minimum Gasteiger partial charge on any atom is -0.336 e. The van der Waals surface area contributed by atoms with Gasteiger partial charge >= 0.3 is 0 Å². The largest absolute Gasteiger partial charge is 0.336 e. The number of aromatic nitrogens is 4. The van der Waals surface area contributed by atoms with Crippen LogP contribution in [0.25, 0.3) is 0 Å². The van der Waals surface area contributed by atoms with Gasteiger partial charge in [0.25, 0.3) is 5.91 Å². The minimum atomic E-state index is -0.198. The van der Waals surface area contributed by atoms with Crippen molar-refractivity contribution in [1.82, 2.24) is 24.9 Å². The third-order valence-electron chi connectivity index (χ3n) is 2.33. The van der Waals surface area contributed by atoms with Crippen LogP contribution < -0.4 is 0 Å². The molecule has 1 N–H and O–H groups in total. The number of carbonyl (C=O) groups is 1. The summed E-state index contributed by atoms with van der Waals surface area (Å²) < 4.78 is 1.69. The van der Waals surface area contributed by atoms with E-state index in [4.69, 9.17) is 11.6 Å². The standard InChI is InChI=1S/C10H12ClN5O/c1-15(5-7-3-13-16(2)6-7)10(17)9-8(11)4-12-14-9/h3-4,6H,5H2,1-2H3,(H,12,14). The molecule has 17 heavy (non-hydrogen) atoms. The second-order valence-electron chi connectivity index (χ2n) is 3.78. The molecular formula is C10H12ClN5O. The summed E-state index contributed by atoms with van der Waals surface area (Å²) in [6.45, 7) is 0.474. The number of hydrogen-bond donors (Lipinski definition) is 1. The maximum absolute atomic E-state index is 12.0. The molecule has 0 aliphatic rings. The molecule has 90 valence electrons. The number of H-pyrrole nitrogens is 1. The lowest BCUT2D eigenvalue weighted by Crippen LogP contribution is -2.26. The van der Waals surface area contributed by atoms with Crippen LogP contribution in [0.2, 0.25) is 5.02 Å². The van der Waals surface area contributed by atoms with E-state index in [1.807, 2.05) is 13.2 Å². The van der Waals surface area contributed by atoms with E-state index in [1.165, 1.54) is 6.20 Å². The van der Waals surface area contributed by atoms with E-state index in [9.17, 15) is 4.79 Å². The van der Waals surface area contributed by atoms with Gasteiger partial charge in [0.05, 0.1) is 17.4 Å². The number of carbonyl (C=O) groups excluding carboxylic acids is 1. The van der Waals surface area contributed by atoms with Crippen LogP contribution >= 0.6 is 11.6 Å². The van der Waals surface area contributed by atoms with E-state index in [2.05, 4.69) is 15.3 Å². The lowest BCUT2D eigenvalue weighted by atomic mass is 10.3. The molecule has 7 heteroatoms. The zero-order valence-electron chi connectivity index (χ0n) is 9.51. The fourth-order valence-corrected chi connectivity index (χ4v) is 1.68. The quantitative estimate of drug-likeness (QED) is 0.890. The third kappa shape index (κ3) is 2.47. The molecule has 0 saturated carbocycles. The van der Waals surface area contributed by atoms with Crippen LogP contribution in [0.5, 0.6) is 0 Å². The number of rotatable bonds is 3. The van der Waals surface area contributed by atoms with Crippen molar-refractivity contribution in [2.24, 2.45) is 7.05 Å². The van der Waals surface area contributed by atoms with Gasteiger partial charge in [-0.3, -0.25) is 14.6 Å². The molecule has 0 aromatic carbocycles. The molecule has 0 bridgehead atoms. The number of aromatic amines is 1. The Hall–Kier alpha value is -1.82. The van der Waals surface area contributed by atoms with Crippen LogP contribution in [0.1, 0.15) is 16.1 Å². The molecule has 0 fully saturated rings. The Morgan fingerprint density at radius 3 is 2.88 bits per heavy atom. The van der Waals surface area contributed by atoms with Crippen LogP contribution in [0.15, 0.2) is 18.6 Å². The van der Waals surface area contributed by atoms with Gasteiger partial charge in [-0.15, -0.1) is 0 Å². The third-order valence-corrected chi connectivity index (χ3v) is 2.62. The molecule has 0 unspecified atom stereocenters. The number of halogens is 1. The van der Waals surface area contributed by atoms with Crippen molar-refractivity contribution < 1.29 is 4.79 Å². The van der Waals surface area contributed by atoms with Gasteiger partial charge in [0.15, 0.2) is 0 Å². The fraction of sp³-hybridized carbons (Fsp3) is 0.300. The Labute approximate surface area is 103 Å². The molecule has 2 heterocycles. The van der Waals surface area contributed by atoms with E-state index in [-0.39, 0.29) is 5.91 Å². The average Bonchev–Trinajstić information content (AvgIpc) is 2.86. The van der Waals surface area contributed by atoms with E-state index < -0.39 is 0 Å². The summed E-state index contributed by atoms with van der Waals surface area (Å²) in [6, 6.07) is 0. The first-order valence-electron chi connectivity index (χ1n) is 5.00. The highest BCUT2D eigenvalue weighted by molar-refractivity contribution is 6.33. The predicted octanol–water partition coefficient (Wildman–Crippen LogP) is 1.07. The topological polar surface area (TPSA) is 66.8 Å². The lowest BCUT2D eigenvalue weighted by Gasteiger charge is -2.15. The van der Waals surface area contributed by atoms with Crippen molar-refractivity contribution in [2.45, 2.75) is 6.54 Å². The van der Waals surface area contributed by atoms with Crippen molar-refractivity contribution in [2.75, 3.05) is 7.05 Å². The molecule has 2 aromatic heterocycles.